The van der Waals surface area contributed by atoms with E-state index in [1.165, 1.54) is 0 Å². The van der Waals surface area contributed by atoms with E-state index < -0.39 is 10.8 Å². The highest BCUT2D eigenvalue weighted by atomic mass is 32.2. The summed E-state index contributed by atoms with van der Waals surface area (Å²) in [5, 5.41) is 7.81. The van der Waals surface area contributed by atoms with Crippen LogP contribution in [0.2, 0.25) is 0 Å². The van der Waals surface area contributed by atoms with E-state index in [-0.39, 0.29) is 0 Å². The largest absolute Gasteiger partial charge is 0.394 e. The zero-order chi connectivity index (χ0) is 12.4. The molecule has 17 heavy (non-hydrogen) atoms. The van der Waals surface area contributed by atoms with Crippen LogP contribution in [0.4, 0.5) is 11.5 Å². The number of hydrogen-bond donors (Lipinski definition) is 2. The van der Waals surface area contributed by atoms with Crippen LogP contribution in [0, 0.1) is 0 Å². The van der Waals surface area contributed by atoms with Gasteiger partial charge >= 0.3 is 0 Å². The summed E-state index contributed by atoms with van der Waals surface area (Å²) in [6.07, 6.45) is 2.73. The van der Waals surface area contributed by atoms with Crippen molar-refractivity contribution in [1.82, 2.24) is 9.78 Å². The number of rotatable bonds is 3. The molecule has 2 rings (SSSR count). The molecule has 1 saturated heterocycles. The van der Waals surface area contributed by atoms with E-state index in [9.17, 15) is 4.21 Å². The Hall–Kier alpha value is -1.04. The number of aromatic nitrogens is 2. The Bertz CT molecular complexity index is 419. The van der Waals surface area contributed by atoms with Crippen molar-refractivity contribution in [2.24, 2.45) is 7.05 Å². The fourth-order valence-corrected chi connectivity index (χ4v) is 3.46. The van der Waals surface area contributed by atoms with Crippen molar-refractivity contribution in [2.75, 3.05) is 22.6 Å². The van der Waals surface area contributed by atoms with E-state index in [1.807, 2.05) is 14.0 Å². The van der Waals surface area contributed by atoms with Gasteiger partial charge in [0.25, 0.3) is 0 Å². The van der Waals surface area contributed by atoms with Gasteiger partial charge in [-0.05, 0) is 19.3 Å². The molecule has 1 aromatic rings. The summed E-state index contributed by atoms with van der Waals surface area (Å²) in [6.45, 7) is 2.05. The quantitative estimate of drug-likeness (QED) is 0.842. The maximum absolute atomic E-state index is 11.3. The Morgan fingerprint density at radius 2 is 2.18 bits per heavy atom. The minimum absolute atomic E-state index is 0.370. The first kappa shape index (κ1) is 12.4. The van der Waals surface area contributed by atoms with Crippen molar-refractivity contribution >= 4 is 22.3 Å². The Morgan fingerprint density at radius 1 is 1.53 bits per heavy atom. The van der Waals surface area contributed by atoms with Crippen LogP contribution >= 0.6 is 0 Å². The van der Waals surface area contributed by atoms with Gasteiger partial charge in [0.15, 0.2) is 0 Å². The van der Waals surface area contributed by atoms with Gasteiger partial charge in [0.1, 0.15) is 5.82 Å². The smallest absolute Gasteiger partial charge is 0.147 e. The fraction of sp³-hybridized carbons (Fsp3) is 0.727. The minimum atomic E-state index is -0.620. The number of nitrogens with one attached hydrogen (secondary N) is 1. The van der Waals surface area contributed by atoms with Gasteiger partial charge < -0.3 is 11.1 Å². The van der Waals surface area contributed by atoms with Gasteiger partial charge in [0, 0.05) is 35.4 Å². The summed E-state index contributed by atoms with van der Waals surface area (Å²) < 4.78 is 13.1. The molecule has 0 bridgehead atoms. The van der Waals surface area contributed by atoms with E-state index in [1.54, 1.807) is 4.68 Å². The first-order chi connectivity index (χ1) is 8.11. The normalized spacial score (nSPS) is 24.8. The molecular weight excluding hydrogens is 236 g/mol. The monoisotopic (exact) mass is 256 g/mol. The Kier molecular flexibility index (Phi) is 3.71. The highest BCUT2D eigenvalue weighted by molar-refractivity contribution is 7.85. The summed E-state index contributed by atoms with van der Waals surface area (Å²) in [5.41, 5.74) is 7.74. The van der Waals surface area contributed by atoms with Crippen LogP contribution in [0.5, 0.6) is 0 Å². The van der Waals surface area contributed by atoms with E-state index in [0.29, 0.717) is 6.04 Å². The lowest BCUT2D eigenvalue weighted by Gasteiger charge is -2.23. The predicted molar refractivity (Wildman–Crippen MR) is 71.5 cm³/mol. The van der Waals surface area contributed by atoms with Crippen LogP contribution < -0.4 is 11.1 Å². The van der Waals surface area contributed by atoms with Gasteiger partial charge in [0.2, 0.25) is 0 Å². The molecule has 0 saturated carbocycles. The van der Waals surface area contributed by atoms with Crippen LogP contribution in [0.1, 0.15) is 25.5 Å². The Balaban J connectivity index is 2.08. The van der Waals surface area contributed by atoms with Gasteiger partial charge in [-0.2, -0.15) is 5.10 Å². The van der Waals surface area contributed by atoms with E-state index in [0.717, 1.165) is 48.0 Å². The predicted octanol–water partition coefficient (Wildman–Crippen LogP) is 0.888. The molecule has 2 heterocycles. The summed E-state index contributed by atoms with van der Waals surface area (Å²) in [5.74, 6) is 2.48. The van der Waals surface area contributed by atoms with Crippen molar-refractivity contribution in [1.29, 1.82) is 0 Å². The highest BCUT2D eigenvalue weighted by Gasteiger charge is 2.20. The molecule has 5 nitrogen and oxygen atoms in total. The van der Waals surface area contributed by atoms with Crippen molar-refractivity contribution < 1.29 is 4.21 Å². The lowest BCUT2D eigenvalue weighted by molar-refractivity contribution is 0.616. The van der Waals surface area contributed by atoms with E-state index >= 15 is 0 Å². The summed E-state index contributed by atoms with van der Waals surface area (Å²) in [6, 6.07) is 0.370. The molecule has 1 aliphatic rings. The molecule has 1 aliphatic heterocycles. The maximum atomic E-state index is 11.3. The summed E-state index contributed by atoms with van der Waals surface area (Å²) in [7, 11) is 1.28. The first-order valence-electron chi connectivity index (χ1n) is 6.04. The number of aryl methyl sites for hydroxylation is 2. The van der Waals surface area contributed by atoms with Gasteiger partial charge in [0.05, 0.1) is 11.4 Å². The molecule has 0 atom stereocenters. The van der Waals surface area contributed by atoms with E-state index in [2.05, 4.69) is 10.4 Å². The lowest BCUT2D eigenvalue weighted by atomic mass is 10.1. The molecule has 1 fully saturated rings. The lowest BCUT2D eigenvalue weighted by Crippen LogP contribution is -2.30. The van der Waals surface area contributed by atoms with E-state index in [4.69, 9.17) is 5.73 Å². The van der Waals surface area contributed by atoms with Crippen LogP contribution in [-0.2, 0) is 24.3 Å². The fourth-order valence-electron chi connectivity index (χ4n) is 2.16. The van der Waals surface area contributed by atoms with Crippen LogP contribution in [0.15, 0.2) is 0 Å². The van der Waals surface area contributed by atoms with Crippen LogP contribution in [0.3, 0.4) is 0 Å². The second-order valence-electron chi connectivity index (χ2n) is 4.45. The minimum Gasteiger partial charge on any atom is -0.394 e. The molecule has 96 valence electrons. The van der Waals surface area contributed by atoms with Crippen molar-refractivity contribution in [2.45, 2.75) is 32.2 Å². The maximum Gasteiger partial charge on any atom is 0.147 e. The van der Waals surface area contributed by atoms with Gasteiger partial charge in [-0.25, -0.2) is 0 Å². The molecule has 1 aromatic heterocycles. The van der Waals surface area contributed by atoms with Gasteiger partial charge in [-0.3, -0.25) is 8.89 Å². The standard InChI is InChI=1S/C11H20N4OS/c1-3-9-10(12)11(15(2)14-9)13-8-4-6-17(16)7-5-8/h8,13H,3-7,12H2,1-2H3. The third kappa shape index (κ3) is 2.62. The molecule has 0 radical (unpaired) electrons. The second-order valence-corrected chi connectivity index (χ2v) is 6.15. The van der Waals surface area contributed by atoms with Crippen LogP contribution in [0.25, 0.3) is 0 Å². The molecular formula is C11H20N4OS. The van der Waals surface area contributed by atoms with Gasteiger partial charge in [-0.15, -0.1) is 0 Å². The van der Waals surface area contributed by atoms with Gasteiger partial charge in [-0.1, -0.05) is 6.92 Å². The SMILES string of the molecule is CCc1nn(C)c(NC2CCS(=O)CC2)c1N. The molecule has 0 spiro atoms. The summed E-state index contributed by atoms with van der Waals surface area (Å²) >= 11 is 0. The average molecular weight is 256 g/mol. The summed E-state index contributed by atoms with van der Waals surface area (Å²) in [4.78, 5) is 0. The number of nitrogen functional groups attached to an aromatic ring is 1. The number of nitrogens with two attached hydrogens (primary N) is 1. The molecule has 0 aromatic carbocycles. The molecule has 0 amide bonds. The number of anilines is 2. The zero-order valence-electron chi connectivity index (χ0n) is 10.4. The molecule has 3 N–H and O–H groups in total. The van der Waals surface area contributed by atoms with Crippen molar-refractivity contribution in [3.63, 3.8) is 0 Å². The van der Waals surface area contributed by atoms with Crippen LogP contribution in [-0.4, -0.2) is 31.5 Å². The number of nitrogens with zero attached hydrogens (tertiary/aromatic N) is 2. The average Bonchev–Trinajstić information content (AvgIpc) is 2.59. The first-order valence-corrected chi connectivity index (χ1v) is 7.53. The third-order valence-electron chi connectivity index (χ3n) is 3.22. The molecule has 6 heteroatoms. The zero-order valence-corrected chi connectivity index (χ0v) is 11.2. The molecule has 0 unspecified atom stereocenters. The Morgan fingerprint density at radius 3 is 2.71 bits per heavy atom. The second kappa shape index (κ2) is 5.08. The number of hydrogen-bond acceptors (Lipinski definition) is 4. The molecule has 0 aliphatic carbocycles. The Labute approximate surface area is 104 Å². The topological polar surface area (TPSA) is 72.9 Å². The van der Waals surface area contributed by atoms with Crippen molar-refractivity contribution in [3.05, 3.63) is 5.69 Å². The third-order valence-corrected chi connectivity index (χ3v) is 4.61. The van der Waals surface area contributed by atoms with Crippen molar-refractivity contribution in [3.8, 4) is 0 Å². The highest BCUT2D eigenvalue weighted by Crippen LogP contribution is 2.25.